The molecule has 3 heterocycles. The van der Waals surface area contributed by atoms with Crippen molar-refractivity contribution >= 4 is 15.9 Å². The van der Waals surface area contributed by atoms with Crippen LogP contribution >= 0.6 is 15.9 Å². The predicted molar refractivity (Wildman–Crippen MR) is 84.3 cm³/mol. The summed E-state index contributed by atoms with van der Waals surface area (Å²) < 4.78 is 23.9. The molecule has 4 rings (SSSR count). The first-order valence-electron chi connectivity index (χ1n) is 7.82. The lowest BCUT2D eigenvalue weighted by Gasteiger charge is -2.37. The third-order valence-electron chi connectivity index (χ3n) is 4.54. The Morgan fingerprint density at radius 2 is 1.59 bits per heavy atom. The molecular weight excluding hydrogens is 350 g/mol. The van der Waals surface area contributed by atoms with Crippen LogP contribution in [0.3, 0.4) is 0 Å². The highest BCUT2D eigenvalue weighted by atomic mass is 79.9. The minimum absolute atomic E-state index is 0.305. The van der Waals surface area contributed by atoms with Gasteiger partial charge in [-0.3, -0.25) is 4.90 Å². The molecule has 1 spiro atoms. The Morgan fingerprint density at radius 1 is 0.955 bits per heavy atom. The maximum absolute atomic E-state index is 5.78. The van der Waals surface area contributed by atoms with E-state index in [0.29, 0.717) is 13.2 Å². The van der Waals surface area contributed by atoms with Crippen LogP contribution in [-0.4, -0.2) is 50.2 Å². The lowest BCUT2D eigenvalue weighted by atomic mass is 10.0. The van der Waals surface area contributed by atoms with E-state index in [4.69, 9.17) is 18.9 Å². The molecule has 2 fully saturated rings. The van der Waals surface area contributed by atoms with Gasteiger partial charge in [0.25, 0.3) is 0 Å². The fourth-order valence-corrected chi connectivity index (χ4v) is 3.75. The first-order chi connectivity index (χ1) is 10.7. The molecule has 0 N–H and O–H groups in total. The summed E-state index contributed by atoms with van der Waals surface area (Å²) in [6, 6.07) is 4.10. The van der Waals surface area contributed by atoms with Crippen LogP contribution in [0.4, 0.5) is 0 Å². The molecule has 0 aliphatic carbocycles. The lowest BCUT2D eigenvalue weighted by Crippen LogP contribution is -2.44. The third-order valence-corrected chi connectivity index (χ3v) is 5.27. The smallest absolute Gasteiger partial charge is 0.170 e. The number of likely N-dealkylation sites (tertiary alicyclic amines) is 1. The zero-order valence-corrected chi connectivity index (χ0v) is 14.1. The fraction of sp³-hybridized carbons (Fsp3) is 0.625. The normalized spacial score (nSPS) is 23.9. The van der Waals surface area contributed by atoms with Gasteiger partial charge in [-0.25, -0.2) is 0 Å². The Morgan fingerprint density at radius 3 is 2.27 bits per heavy atom. The van der Waals surface area contributed by atoms with Gasteiger partial charge in [0.05, 0.1) is 13.2 Å². The maximum atomic E-state index is 5.78. The van der Waals surface area contributed by atoms with E-state index in [1.165, 1.54) is 5.56 Å². The van der Waals surface area contributed by atoms with Crippen LogP contribution in [0.2, 0.25) is 0 Å². The molecule has 5 nitrogen and oxygen atoms in total. The molecular formula is C16H20BrNO4. The van der Waals surface area contributed by atoms with E-state index in [2.05, 4.69) is 26.9 Å². The van der Waals surface area contributed by atoms with Gasteiger partial charge in [-0.05, 0) is 17.7 Å². The van der Waals surface area contributed by atoms with Gasteiger partial charge in [0.2, 0.25) is 0 Å². The summed E-state index contributed by atoms with van der Waals surface area (Å²) in [6.45, 7) is 5.57. The minimum Gasteiger partial charge on any atom is -0.486 e. The van der Waals surface area contributed by atoms with Crippen molar-refractivity contribution in [2.75, 3.05) is 39.5 Å². The minimum atomic E-state index is -0.305. The van der Waals surface area contributed by atoms with Crippen molar-refractivity contribution in [3.63, 3.8) is 0 Å². The maximum Gasteiger partial charge on any atom is 0.170 e. The van der Waals surface area contributed by atoms with E-state index in [-0.39, 0.29) is 5.79 Å². The quantitative estimate of drug-likeness (QED) is 0.800. The summed E-state index contributed by atoms with van der Waals surface area (Å²) in [5, 5.41) is 0. The first kappa shape index (κ1) is 14.8. The number of nitrogens with zero attached hydrogens (tertiary/aromatic N) is 1. The van der Waals surface area contributed by atoms with Crippen LogP contribution in [0, 0.1) is 0 Å². The van der Waals surface area contributed by atoms with Crippen LogP contribution in [0.5, 0.6) is 11.5 Å². The summed E-state index contributed by atoms with van der Waals surface area (Å²) in [5.74, 6) is 1.37. The van der Waals surface area contributed by atoms with Gasteiger partial charge in [-0.15, -0.1) is 0 Å². The SMILES string of the molecule is Brc1cc2c(cc1CN1CCC3(CC1)OCCO3)OCCO2. The van der Waals surface area contributed by atoms with Crippen molar-refractivity contribution in [2.45, 2.75) is 25.2 Å². The molecule has 2 saturated heterocycles. The fourth-order valence-electron chi connectivity index (χ4n) is 3.31. The van der Waals surface area contributed by atoms with Gasteiger partial charge >= 0.3 is 0 Å². The molecule has 0 radical (unpaired) electrons. The monoisotopic (exact) mass is 369 g/mol. The molecule has 0 atom stereocenters. The lowest BCUT2D eigenvalue weighted by molar-refractivity contribution is -0.185. The molecule has 22 heavy (non-hydrogen) atoms. The highest BCUT2D eigenvalue weighted by Gasteiger charge is 2.39. The largest absolute Gasteiger partial charge is 0.486 e. The van der Waals surface area contributed by atoms with Gasteiger partial charge < -0.3 is 18.9 Å². The van der Waals surface area contributed by atoms with Crippen molar-refractivity contribution in [1.29, 1.82) is 0 Å². The zero-order chi connectivity index (χ0) is 15.0. The van der Waals surface area contributed by atoms with E-state index < -0.39 is 0 Å². The van der Waals surface area contributed by atoms with Crippen molar-refractivity contribution in [1.82, 2.24) is 4.90 Å². The van der Waals surface area contributed by atoms with Gasteiger partial charge in [0, 0.05) is 36.9 Å². The molecule has 1 aromatic carbocycles. The number of halogens is 1. The van der Waals surface area contributed by atoms with E-state index in [9.17, 15) is 0 Å². The van der Waals surface area contributed by atoms with Crippen LogP contribution < -0.4 is 9.47 Å². The van der Waals surface area contributed by atoms with Crippen LogP contribution in [0.1, 0.15) is 18.4 Å². The molecule has 0 unspecified atom stereocenters. The number of rotatable bonds is 2. The Kier molecular flexibility index (Phi) is 4.02. The average molecular weight is 370 g/mol. The van der Waals surface area contributed by atoms with Crippen molar-refractivity contribution < 1.29 is 18.9 Å². The van der Waals surface area contributed by atoms with E-state index in [0.717, 1.165) is 61.7 Å². The van der Waals surface area contributed by atoms with Crippen LogP contribution in [0.15, 0.2) is 16.6 Å². The second-order valence-corrected chi connectivity index (χ2v) is 6.83. The van der Waals surface area contributed by atoms with Gasteiger partial charge in [-0.1, -0.05) is 15.9 Å². The molecule has 6 heteroatoms. The highest BCUT2D eigenvalue weighted by Crippen LogP contribution is 2.37. The summed E-state index contributed by atoms with van der Waals surface area (Å²) in [4.78, 5) is 2.44. The topological polar surface area (TPSA) is 40.2 Å². The summed E-state index contributed by atoms with van der Waals surface area (Å²) in [5.41, 5.74) is 1.23. The molecule has 120 valence electrons. The third kappa shape index (κ3) is 2.85. The number of fused-ring (bicyclic) bond motifs is 1. The summed E-state index contributed by atoms with van der Waals surface area (Å²) >= 11 is 3.65. The second kappa shape index (κ2) is 6.00. The molecule has 3 aliphatic rings. The zero-order valence-electron chi connectivity index (χ0n) is 12.5. The molecule has 1 aromatic rings. The standard InChI is InChI=1S/C16H20BrNO4/c17-13-10-15-14(19-5-6-20-15)9-12(13)11-18-3-1-16(2-4-18)21-7-8-22-16/h9-10H,1-8,11H2. The van der Waals surface area contributed by atoms with E-state index in [1.807, 2.05) is 6.07 Å². The van der Waals surface area contributed by atoms with Crippen molar-refractivity contribution in [2.24, 2.45) is 0 Å². The van der Waals surface area contributed by atoms with Crippen molar-refractivity contribution in [3.05, 3.63) is 22.2 Å². The molecule has 0 amide bonds. The molecule has 3 aliphatic heterocycles. The molecule has 0 aromatic heterocycles. The second-order valence-electron chi connectivity index (χ2n) is 5.97. The van der Waals surface area contributed by atoms with Crippen molar-refractivity contribution in [3.8, 4) is 11.5 Å². The first-order valence-corrected chi connectivity index (χ1v) is 8.62. The van der Waals surface area contributed by atoms with Crippen LogP contribution in [0.25, 0.3) is 0 Å². The number of piperidine rings is 1. The van der Waals surface area contributed by atoms with E-state index >= 15 is 0 Å². The number of ether oxygens (including phenoxy) is 4. The van der Waals surface area contributed by atoms with Crippen LogP contribution in [-0.2, 0) is 16.0 Å². The molecule has 0 saturated carbocycles. The highest BCUT2D eigenvalue weighted by molar-refractivity contribution is 9.10. The summed E-state index contributed by atoms with van der Waals surface area (Å²) in [6.07, 6.45) is 1.88. The molecule has 0 bridgehead atoms. The Balaban J connectivity index is 1.43. The van der Waals surface area contributed by atoms with Gasteiger partial charge in [0.15, 0.2) is 17.3 Å². The Hall–Kier alpha value is -0.820. The average Bonchev–Trinajstić information content (AvgIpc) is 2.99. The Bertz CT molecular complexity index is 549. The number of hydrogen-bond donors (Lipinski definition) is 0. The van der Waals surface area contributed by atoms with Gasteiger partial charge in [0.1, 0.15) is 13.2 Å². The summed E-state index contributed by atoms with van der Waals surface area (Å²) in [7, 11) is 0. The number of hydrogen-bond acceptors (Lipinski definition) is 5. The Labute approximate surface area is 138 Å². The number of benzene rings is 1. The predicted octanol–water partition coefficient (Wildman–Crippen LogP) is 2.56. The van der Waals surface area contributed by atoms with E-state index in [1.54, 1.807) is 0 Å². The van der Waals surface area contributed by atoms with Gasteiger partial charge in [-0.2, -0.15) is 0 Å².